The molecule has 3 rings (SSSR count). The Morgan fingerprint density at radius 1 is 1.15 bits per heavy atom. The van der Waals surface area contributed by atoms with Gasteiger partial charge in [0.1, 0.15) is 5.82 Å². The highest BCUT2D eigenvalue weighted by atomic mass is 16.3. The van der Waals surface area contributed by atoms with E-state index < -0.39 is 0 Å². The SMILES string of the molecule is OC[C@H]1C=C[C@@H](Nc2ccnc(-c3ccccc3)n2)C1. The molecule has 2 atom stereocenters. The summed E-state index contributed by atoms with van der Waals surface area (Å²) in [6.07, 6.45) is 6.81. The topological polar surface area (TPSA) is 58.0 Å². The lowest BCUT2D eigenvalue weighted by atomic mass is 10.1. The van der Waals surface area contributed by atoms with E-state index in [1.807, 2.05) is 36.4 Å². The minimum absolute atomic E-state index is 0.202. The first-order chi connectivity index (χ1) is 9.85. The number of aliphatic hydroxyl groups is 1. The van der Waals surface area contributed by atoms with Crippen LogP contribution in [0.25, 0.3) is 11.4 Å². The van der Waals surface area contributed by atoms with Crippen molar-refractivity contribution in [2.24, 2.45) is 5.92 Å². The van der Waals surface area contributed by atoms with Crippen LogP contribution in [0.1, 0.15) is 6.42 Å². The molecule has 4 heteroatoms. The predicted octanol–water partition coefficient (Wildman–Crippen LogP) is 2.49. The maximum atomic E-state index is 9.14. The van der Waals surface area contributed by atoms with Gasteiger partial charge >= 0.3 is 0 Å². The van der Waals surface area contributed by atoms with Crippen molar-refractivity contribution in [1.82, 2.24) is 9.97 Å². The number of benzene rings is 1. The highest BCUT2D eigenvalue weighted by molar-refractivity contribution is 5.56. The Morgan fingerprint density at radius 2 is 2.00 bits per heavy atom. The van der Waals surface area contributed by atoms with Gasteiger partial charge in [-0.2, -0.15) is 0 Å². The van der Waals surface area contributed by atoms with Crippen LogP contribution in [0.2, 0.25) is 0 Å². The van der Waals surface area contributed by atoms with Gasteiger partial charge in [-0.15, -0.1) is 0 Å². The molecule has 1 aliphatic carbocycles. The third kappa shape index (κ3) is 2.86. The molecule has 2 N–H and O–H groups in total. The first-order valence-electron chi connectivity index (χ1n) is 6.79. The summed E-state index contributed by atoms with van der Waals surface area (Å²) in [6, 6.07) is 12.0. The van der Waals surface area contributed by atoms with Gasteiger partial charge in [-0.25, -0.2) is 9.97 Å². The zero-order valence-electron chi connectivity index (χ0n) is 11.1. The number of nitrogens with zero attached hydrogens (tertiary/aromatic N) is 2. The van der Waals surface area contributed by atoms with Crippen LogP contribution in [0.5, 0.6) is 0 Å². The molecule has 102 valence electrons. The number of aromatic nitrogens is 2. The first-order valence-corrected chi connectivity index (χ1v) is 6.79. The highest BCUT2D eigenvalue weighted by Gasteiger charge is 2.18. The number of aliphatic hydroxyl groups excluding tert-OH is 1. The van der Waals surface area contributed by atoms with Gasteiger partial charge < -0.3 is 10.4 Å². The van der Waals surface area contributed by atoms with Gasteiger partial charge in [0.05, 0.1) is 0 Å². The second-order valence-corrected chi connectivity index (χ2v) is 4.95. The third-order valence-electron chi connectivity index (χ3n) is 3.43. The lowest BCUT2D eigenvalue weighted by Crippen LogP contribution is -2.17. The summed E-state index contributed by atoms with van der Waals surface area (Å²) in [6.45, 7) is 0.202. The minimum Gasteiger partial charge on any atom is -0.396 e. The molecule has 20 heavy (non-hydrogen) atoms. The Kier molecular flexibility index (Phi) is 3.74. The Hall–Kier alpha value is -2.20. The van der Waals surface area contributed by atoms with Gasteiger partial charge in [0, 0.05) is 30.3 Å². The van der Waals surface area contributed by atoms with Crippen LogP contribution in [0, 0.1) is 5.92 Å². The Bertz CT molecular complexity index is 598. The summed E-state index contributed by atoms with van der Waals surface area (Å²) in [5.41, 5.74) is 1.01. The fourth-order valence-electron chi connectivity index (χ4n) is 2.37. The predicted molar refractivity (Wildman–Crippen MR) is 79.2 cm³/mol. The van der Waals surface area contributed by atoms with E-state index in [1.165, 1.54) is 0 Å². The van der Waals surface area contributed by atoms with Crippen molar-refractivity contribution in [2.45, 2.75) is 12.5 Å². The average molecular weight is 267 g/mol. The van der Waals surface area contributed by atoms with Crippen molar-refractivity contribution in [3.63, 3.8) is 0 Å². The van der Waals surface area contributed by atoms with E-state index in [1.54, 1.807) is 6.20 Å². The first kappa shape index (κ1) is 12.8. The largest absolute Gasteiger partial charge is 0.396 e. The molecule has 4 nitrogen and oxygen atoms in total. The zero-order chi connectivity index (χ0) is 13.8. The summed E-state index contributed by atoms with van der Waals surface area (Å²) >= 11 is 0. The quantitative estimate of drug-likeness (QED) is 0.836. The van der Waals surface area contributed by atoms with Crippen molar-refractivity contribution in [2.75, 3.05) is 11.9 Å². The molecule has 0 spiro atoms. The maximum absolute atomic E-state index is 9.14. The minimum atomic E-state index is 0.202. The van der Waals surface area contributed by atoms with E-state index in [-0.39, 0.29) is 18.6 Å². The molecule has 0 amide bonds. The van der Waals surface area contributed by atoms with E-state index in [0.29, 0.717) is 0 Å². The smallest absolute Gasteiger partial charge is 0.161 e. The van der Waals surface area contributed by atoms with Gasteiger partial charge in [-0.1, -0.05) is 42.5 Å². The number of rotatable bonds is 4. The van der Waals surface area contributed by atoms with Crippen LogP contribution in [0.15, 0.2) is 54.7 Å². The van der Waals surface area contributed by atoms with Crippen molar-refractivity contribution in [1.29, 1.82) is 0 Å². The van der Waals surface area contributed by atoms with E-state index in [4.69, 9.17) is 5.11 Å². The Balaban J connectivity index is 1.74. The van der Waals surface area contributed by atoms with Crippen molar-refractivity contribution >= 4 is 5.82 Å². The molecule has 0 fully saturated rings. The fraction of sp³-hybridized carbons (Fsp3) is 0.250. The number of hydrogen-bond donors (Lipinski definition) is 2. The zero-order valence-corrected chi connectivity index (χ0v) is 11.1. The van der Waals surface area contributed by atoms with Crippen molar-refractivity contribution in [3.05, 3.63) is 54.7 Å². The normalized spacial score (nSPS) is 21.1. The highest BCUT2D eigenvalue weighted by Crippen LogP contribution is 2.21. The molecule has 0 saturated heterocycles. The molecule has 0 unspecified atom stereocenters. The third-order valence-corrected chi connectivity index (χ3v) is 3.43. The van der Waals surface area contributed by atoms with Crippen LogP contribution in [0.3, 0.4) is 0 Å². The summed E-state index contributed by atoms with van der Waals surface area (Å²) in [4.78, 5) is 8.84. The lowest BCUT2D eigenvalue weighted by molar-refractivity contribution is 0.250. The van der Waals surface area contributed by atoms with Crippen molar-refractivity contribution in [3.8, 4) is 11.4 Å². The van der Waals surface area contributed by atoms with E-state index in [2.05, 4.69) is 27.4 Å². The second-order valence-electron chi connectivity index (χ2n) is 4.95. The van der Waals surface area contributed by atoms with Crippen LogP contribution in [-0.4, -0.2) is 27.7 Å². The summed E-state index contributed by atoms with van der Waals surface area (Å²) in [5, 5.41) is 12.5. The van der Waals surface area contributed by atoms with Gasteiger partial charge in [-0.3, -0.25) is 0 Å². The standard InChI is InChI=1S/C16H17N3O/c20-11-12-6-7-14(10-12)18-15-8-9-17-16(19-15)13-4-2-1-3-5-13/h1-9,12,14,20H,10-11H2,(H,17,18,19)/t12-,14+/m0/s1. The molecular formula is C16H17N3O. The number of nitrogens with one attached hydrogen (secondary N) is 1. The Morgan fingerprint density at radius 3 is 2.75 bits per heavy atom. The van der Waals surface area contributed by atoms with E-state index in [0.717, 1.165) is 23.6 Å². The van der Waals surface area contributed by atoms with Crippen LogP contribution >= 0.6 is 0 Å². The van der Waals surface area contributed by atoms with Gasteiger partial charge in [0.2, 0.25) is 0 Å². The van der Waals surface area contributed by atoms with Crippen LogP contribution in [-0.2, 0) is 0 Å². The van der Waals surface area contributed by atoms with Crippen molar-refractivity contribution < 1.29 is 5.11 Å². The molecule has 0 radical (unpaired) electrons. The summed E-state index contributed by atoms with van der Waals surface area (Å²) in [7, 11) is 0. The molecule has 2 aromatic rings. The molecule has 0 aliphatic heterocycles. The monoisotopic (exact) mass is 267 g/mol. The van der Waals surface area contributed by atoms with Gasteiger partial charge in [0.15, 0.2) is 5.82 Å². The van der Waals surface area contributed by atoms with E-state index in [9.17, 15) is 0 Å². The molecule has 1 aliphatic rings. The van der Waals surface area contributed by atoms with E-state index >= 15 is 0 Å². The lowest BCUT2D eigenvalue weighted by Gasteiger charge is -2.13. The average Bonchev–Trinajstić information content (AvgIpc) is 2.96. The molecule has 1 aromatic heterocycles. The molecule has 0 bridgehead atoms. The van der Waals surface area contributed by atoms with Crippen LogP contribution < -0.4 is 5.32 Å². The van der Waals surface area contributed by atoms with Gasteiger partial charge in [-0.05, 0) is 12.5 Å². The molecular weight excluding hydrogens is 250 g/mol. The van der Waals surface area contributed by atoms with Gasteiger partial charge in [0.25, 0.3) is 0 Å². The summed E-state index contributed by atoms with van der Waals surface area (Å²) in [5.74, 6) is 1.78. The molecule has 1 heterocycles. The van der Waals surface area contributed by atoms with Crippen LogP contribution in [0.4, 0.5) is 5.82 Å². The second kappa shape index (κ2) is 5.84. The summed E-state index contributed by atoms with van der Waals surface area (Å²) < 4.78 is 0. The molecule has 1 aromatic carbocycles. The fourth-order valence-corrected chi connectivity index (χ4v) is 2.37. The molecule has 0 saturated carbocycles. The maximum Gasteiger partial charge on any atom is 0.161 e. The number of anilines is 1. The number of hydrogen-bond acceptors (Lipinski definition) is 4. The Labute approximate surface area is 118 Å².